The monoisotopic (exact) mass is 683 g/mol. The second kappa shape index (κ2) is 12.5. The van der Waals surface area contributed by atoms with E-state index in [9.17, 15) is 0 Å². The Morgan fingerprint density at radius 1 is 0.385 bits per heavy atom. The van der Waals surface area contributed by atoms with Crippen molar-refractivity contribution in [2.75, 3.05) is 0 Å². The van der Waals surface area contributed by atoms with E-state index in [-0.39, 0.29) is 0 Å². The quantitative estimate of drug-likeness (QED) is 0.175. The van der Waals surface area contributed by atoms with Crippen LogP contribution in [0.15, 0.2) is 176 Å². The molecule has 0 saturated carbocycles. The maximum atomic E-state index is 5.26. The molecule has 0 spiro atoms. The molecule has 0 unspecified atom stereocenters. The largest absolute Gasteiger partial charge is 0.309 e. The van der Waals surface area contributed by atoms with Crippen molar-refractivity contribution >= 4 is 43.4 Å². The average molecular weight is 684 g/mol. The van der Waals surface area contributed by atoms with Gasteiger partial charge in [0, 0.05) is 33.0 Å². The Hall–Kier alpha value is -6.76. The van der Waals surface area contributed by atoms with E-state index in [1.54, 1.807) is 11.3 Å². The van der Waals surface area contributed by atoms with Crippen molar-refractivity contribution in [1.82, 2.24) is 24.5 Å². The van der Waals surface area contributed by atoms with Crippen LogP contribution in [0.4, 0.5) is 0 Å². The number of aromatic nitrogens is 5. The minimum Gasteiger partial charge on any atom is -0.309 e. The second-order valence-electron chi connectivity index (χ2n) is 12.7. The Labute approximate surface area is 304 Å². The molecule has 0 aliphatic carbocycles. The molecule has 3 heterocycles. The first-order valence-corrected chi connectivity index (χ1v) is 18.0. The molecule has 0 saturated heterocycles. The fourth-order valence-corrected chi connectivity index (χ4v) is 7.97. The number of rotatable bonds is 6. The minimum absolute atomic E-state index is 0.593. The topological polar surface area (TPSA) is 56.5 Å². The summed E-state index contributed by atoms with van der Waals surface area (Å²) in [6.07, 6.45) is 0. The zero-order valence-corrected chi connectivity index (χ0v) is 28.7. The number of hydrogen-bond acceptors (Lipinski definition) is 5. The molecule has 0 aliphatic rings. The van der Waals surface area contributed by atoms with Crippen LogP contribution in [-0.4, -0.2) is 24.5 Å². The summed E-state index contributed by atoms with van der Waals surface area (Å²) in [5, 5.41) is 3.34. The smallest absolute Gasteiger partial charge is 0.166 e. The molecule has 0 N–H and O–H groups in total. The maximum absolute atomic E-state index is 5.26. The third kappa shape index (κ3) is 5.25. The van der Waals surface area contributed by atoms with Gasteiger partial charge in [-0.3, -0.25) is 0 Å². The van der Waals surface area contributed by atoms with Crippen molar-refractivity contribution in [3.8, 4) is 61.5 Å². The minimum atomic E-state index is 0.593. The van der Waals surface area contributed by atoms with Crippen LogP contribution in [0.2, 0.25) is 0 Å². The molecule has 0 amide bonds. The summed E-state index contributed by atoms with van der Waals surface area (Å²) in [5.41, 5.74) is 10.3. The number of nitrogens with zero attached hydrogens (tertiary/aromatic N) is 5. The maximum Gasteiger partial charge on any atom is 0.166 e. The molecule has 3 aromatic heterocycles. The molecular weight excluding hydrogens is 655 g/mol. The molecule has 0 atom stereocenters. The van der Waals surface area contributed by atoms with Crippen molar-refractivity contribution in [3.63, 3.8) is 0 Å². The van der Waals surface area contributed by atoms with E-state index in [2.05, 4.69) is 138 Å². The highest BCUT2D eigenvalue weighted by molar-refractivity contribution is 7.21. The first-order valence-electron chi connectivity index (χ1n) is 17.2. The van der Waals surface area contributed by atoms with Crippen LogP contribution >= 0.6 is 11.3 Å². The highest BCUT2D eigenvalue weighted by Gasteiger charge is 2.21. The Balaban J connectivity index is 1.23. The first kappa shape index (κ1) is 30.1. The molecule has 52 heavy (non-hydrogen) atoms. The van der Waals surface area contributed by atoms with Gasteiger partial charge in [0.15, 0.2) is 17.5 Å². The van der Waals surface area contributed by atoms with Gasteiger partial charge in [-0.1, -0.05) is 133 Å². The van der Waals surface area contributed by atoms with E-state index in [4.69, 9.17) is 19.9 Å². The molecule has 244 valence electrons. The summed E-state index contributed by atoms with van der Waals surface area (Å²) >= 11 is 1.69. The van der Waals surface area contributed by atoms with Gasteiger partial charge in [0.1, 0.15) is 5.01 Å². The Kier molecular flexibility index (Phi) is 7.25. The standard InChI is InChI=1S/C46H29N5S/c1-3-13-30(14-4-1)31-23-25-33(26-24-31)44-48-43(32-15-5-2-6-16-32)49-45(50-44)37-29-34(46-47-38-19-9-12-22-42(38)52-46)27-28-41(37)51-39-20-10-7-17-35(39)36-18-8-11-21-40(36)51/h1-29H. The summed E-state index contributed by atoms with van der Waals surface area (Å²) in [5.74, 6) is 1.82. The first-order chi connectivity index (χ1) is 25.8. The highest BCUT2D eigenvalue weighted by Crippen LogP contribution is 2.39. The van der Waals surface area contributed by atoms with Crippen LogP contribution < -0.4 is 0 Å². The molecule has 5 nitrogen and oxygen atoms in total. The van der Waals surface area contributed by atoms with Crippen LogP contribution in [-0.2, 0) is 0 Å². The van der Waals surface area contributed by atoms with E-state index in [1.165, 1.54) is 10.8 Å². The lowest BCUT2D eigenvalue weighted by atomic mass is 10.0. The Bertz CT molecular complexity index is 2810. The van der Waals surface area contributed by atoms with Gasteiger partial charge < -0.3 is 4.57 Å². The van der Waals surface area contributed by atoms with E-state index in [1.807, 2.05) is 42.5 Å². The Morgan fingerprint density at radius 3 is 1.56 bits per heavy atom. The highest BCUT2D eigenvalue weighted by atomic mass is 32.1. The number of hydrogen-bond donors (Lipinski definition) is 0. The van der Waals surface area contributed by atoms with Gasteiger partial charge in [-0.25, -0.2) is 19.9 Å². The van der Waals surface area contributed by atoms with Crippen LogP contribution in [0.1, 0.15) is 0 Å². The van der Waals surface area contributed by atoms with Gasteiger partial charge in [0.05, 0.1) is 26.9 Å². The van der Waals surface area contributed by atoms with Crippen molar-refractivity contribution in [1.29, 1.82) is 0 Å². The second-order valence-corrected chi connectivity index (χ2v) is 13.7. The SMILES string of the molecule is c1ccc(-c2ccc(-c3nc(-c4ccccc4)nc(-c4cc(-c5nc6ccccc6s5)ccc4-n4c5ccccc5c5ccccc54)n3)cc2)cc1. The molecule has 6 heteroatoms. The molecule has 0 radical (unpaired) electrons. The predicted octanol–water partition coefficient (Wildman–Crippen LogP) is 11.9. The summed E-state index contributed by atoms with van der Waals surface area (Å²) in [6.45, 7) is 0. The van der Waals surface area contributed by atoms with E-state index in [0.717, 1.165) is 65.3 Å². The molecule has 7 aromatic carbocycles. The van der Waals surface area contributed by atoms with E-state index < -0.39 is 0 Å². The van der Waals surface area contributed by atoms with Crippen molar-refractivity contribution in [2.45, 2.75) is 0 Å². The zero-order valence-electron chi connectivity index (χ0n) is 27.9. The third-order valence-electron chi connectivity index (χ3n) is 9.52. The summed E-state index contributed by atoms with van der Waals surface area (Å²) < 4.78 is 3.49. The Morgan fingerprint density at radius 2 is 0.885 bits per heavy atom. The van der Waals surface area contributed by atoms with Crippen LogP contribution in [0.5, 0.6) is 0 Å². The van der Waals surface area contributed by atoms with Gasteiger partial charge in [-0.15, -0.1) is 11.3 Å². The fourth-order valence-electron chi connectivity index (χ4n) is 7.01. The lowest BCUT2D eigenvalue weighted by Crippen LogP contribution is -2.04. The summed E-state index contributed by atoms with van der Waals surface area (Å²) in [7, 11) is 0. The van der Waals surface area contributed by atoms with Crippen LogP contribution in [0.3, 0.4) is 0 Å². The number of fused-ring (bicyclic) bond motifs is 4. The molecule has 10 aromatic rings. The van der Waals surface area contributed by atoms with Crippen LogP contribution in [0.25, 0.3) is 93.6 Å². The molecule has 0 aliphatic heterocycles. The fraction of sp³-hybridized carbons (Fsp3) is 0. The molecule has 10 rings (SSSR count). The number of benzene rings is 7. The van der Waals surface area contributed by atoms with Crippen LogP contribution in [0, 0.1) is 0 Å². The molecule has 0 fully saturated rings. The molecule has 0 bridgehead atoms. The summed E-state index contributed by atoms with van der Waals surface area (Å²) in [4.78, 5) is 20.6. The van der Waals surface area contributed by atoms with Gasteiger partial charge in [0.2, 0.25) is 0 Å². The third-order valence-corrected chi connectivity index (χ3v) is 10.6. The summed E-state index contributed by atoms with van der Waals surface area (Å²) in [6, 6.07) is 61.0. The average Bonchev–Trinajstić information content (AvgIpc) is 3.81. The molecular formula is C46H29N5S. The number of thiazole rings is 1. The van der Waals surface area contributed by atoms with Gasteiger partial charge in [-0.05, 0) is 53.6 Å². The lowest BCUT2D eigenvalue weighted by Gasteiger charge is -2.16. The van der Waals surface area contributed by atoms with Crippen molar-refractivity contribution in [2.24, 2.45) is 0 Å². The van der Waals surface area contributed by atoms with Gasteiger partial charge >= 0.3 is 0 Å². The number of para-hydroxylation sites is 3. The van der Waals surface area contributed by atoms with Gasteiger partial charge in [0.25, 0.3) is 0 Å². The lowest BCUT2D eigenvalue weighted by molar-refractivity contribution is 1.06. The predicted molar refractivity (Wildman–Crippen MR) is 215 cm³/mol. The van der Waals surface area contributed by atoms with Crippen molar-refractivity contribution < 1.29 is 0 Å². The zero-order chi connectivity index (χ0) is 34.4. The normalized spacial score (nSPS) is 11.5. The van der Waals surface area contributed by atoms with Gasteiger partial charge in [-0.2, -0.15) is 0 Å². The van der Waals surface area contributed by atoms with E-state index in [0.29, 0.717) is 17.5 Å². The van der Waals surface area contributed by atoms with Crippen molar-refractivity contribution in [3.05, 3.63) is 176 Å². The van der Waals surface area contributed by atoms with E-state index >= 15 is 0 Å².